The van der Waals surface area contributed by atoms with Gasteiger partial charge in [0.05, 0.1) is 5.69 Å². The van der Waals surface area contributed by atoms with Gasteiger partial charge in [-0.1, -0.05) is 50.2 Å². The predicted molar refractivity (Wildman–Crippen MR) is 103 cm³/mol. The first kappa shape index (κ1) is 18.4. The van der Waals surface area contributed by atoms with Gasteiger partial charge < -0.3 is 10.6 Å². The first-order valence-electron chi connectivity index (χ1n) is 8.22. The van der Waals surface area contributed by atoms with Crippen LogP contribution in [0.25, 0.3) is 0 Å². The van der Waals surface area contributed by atoms with Crippen LogP contribution in [-0.2, 0) is 13.1 Å². The van der Waals surface area contributed by atoms with Crippen molar-refractivity contribution in [3.63, 3.8) is 0 Å². The summed E-state index contributed by atoms with van der Waals surface area (Å²) in [7, 11) is 0. The molecule has 0 fully saturated rings. The Morgan fingerprint density at radius 2 is 1.62 bits per heavy atom. The van der Waals surface area contributed by atoms with Crippen molar-refractivity contribution in [1.82, 2.24) is 10.2 Å². The van der Waals surface area contributed by atoms with E-state index in [2.05, 4.69) is 47.6 Å². The number of benzene rings is 2. The van der Waals surface area contributed by atoms with Gasteiger partial charge in [0.15, 0.2) is 5.11 Å². The van der Waals surface area contributed by atoms with Gasteiger partial charge in [-0.3, -0.25) is 4.90 Å². The van der Waals surface area contributed by atoms with E-state index in [1.807, 2.05) is 6.07 Å². The van der Waals surface area contributed by atoms with Crippen LogP contribution in [-0.4, -0.2) is 23.1 Å². The minimum absolute atomic E-state index is 0.316. The maximum Gasteiger partial charge on any atom is 0.171 e. The molecular formula is C19H24FN3S. The van der Waals surface area contributed by atoms with Gasteiger partial charge in [-0.15, -0.1) is 0 Å². The third-order valence-corrected chi connectivity index (χ3v) is 4.21. The van der Waals surface area contributed by atoms with Crippen molar-refractivity contribution in [1.29, 1.82) is 0 Å². The minimum Gasteiger partial charge on any atom is -0.358 e. The van der Waals surface area contributed by atoms with Gasteiger partial charge in [0.2, 0.25) is 0 Å². The standard InChI is InChI=1S/C19H24FN3S/c1-3-23(4-2)14-16-10-6-5-9-15(16)13-21-19(24)22-18-12-8-7-11-17(18)20/h5-12H,3-4,13-14H2,1-2H3,(H2,21,22,24). The van der Waals surface area contributed by atoms with E-state index in [9.17, 15) is 4.39 Å². The molecule has 0 aromatic heterocycles. The number of rotatable bonds is 7. The molecule has 2 aromatic carbocycles. The van der Waals surface area contributed by atoms with E-state index >= 15 is 0 Å². The fourth-order valence-corrected chi connectivity index (χ4v) is 2.66. The van der Waals surface area contributed by atoms with Crippen LogP contribution in [0.2, 0.25) is 0 Å². The number of para-hydroxylation sites is 1. The zero-order chi connectivity index (χ0) is 17.4. The van der Waals surface area contributed by atoms with E-state index in [1.165, 1.54) is 17.2 Å². The van der Waals surface area contributed by atoms with Gasteiger partial charge in [0.25, 0.3) is 0 Å². The molecule has 0 spiro atoms. The molecule has 0 radical (unpaired) electrons. The molecule has 0 atom stereocenters. The summed E-state index contributed by atoms with van der Waals surface area (Å²) in [5, 5.41) is 6.47. The molecule has 0 saturated heterocycles. The number of hydrogen-bond donors (Lipinski definition) is 2. The summed E-state index contributed by atoms with van der Waals surface area (Å²) >= 11 is 5.27. The lowest BCUT2D eigenvalue weighted by atomic mass is 10.1. The van der Waals surface area contributed by atoms with Gasteiger partial charge >= 0.3 is 0 Å². The zero-order valence-electron chi connectivity index (χ0n) is 14.2. The molecule has 5 heteroatoms. The van der Waals surface area contributed by atoms with Crippen molar-refractivity contribution in [2.45, 2.75) is 26.9 Å². The third-order valence-electron chi connectivity index (χ3n) is 3.97. The molecule has 2 rings (SSSR count). The van der Waals surface area contributed by atoms with Crippen LogP contribution >= 0.6 is 12.2 Å². The van der Waals surface area contributed by atoms with Crippen LogP contribution in [0.15, 0.2) is 48.5 Å². The zero-order valence-corrected chi connectivity index (χ0v) is 15.0. The summed E-state index contributed by atoms with van der Waals surface area (Å²) < 4.78 is 13.6. The van der Waals surface area contributed by atoms with Crippen LogP contribution in [0, 0.1) is 5.82 Å². The van der Waals surface area contributed by atoms with Gasteiger partial charge in [-0.05, 0) is 48.6 Å². The maximum atomic E-state index is 13.6. The predicted octanol–water partition coefficient (Wildman–Crippen LogP) is 4.15. The highest BCUT2D eigenvalue weighted by Crippen LogP contribution is 2.13. The Balaban J connectivity index is 1.96. The number of nitrogens with zero attached hydrogens (tertiary/aromatic N) is 1. The van der Waals surface area contributed by atoms with E-state index in [0.717, 1.165) is 19.6 Å². The highest BCUT2D eigenvalue weighted by atomic mass is 32.1. The van der Waals surface area contributed by atoms with Crippen molar-refractivity contribution in [3.8, 4) is 0 Å². The molecule has 0 aliphatic carbocycles. The molecule has 128 valence electrons. The van der Waals surface area contributed by atoms with Gasteiger partial charge in [0, 0.05) is 13.1 Å². The lowest BCUT2D eigenvalue weighted by Crippen LogP contribution is -2.29. The smallest absolute Gasteiger partial charge is 0.171 e. The molecule has 3 nitrogen and oxygen atoms in total. The second-order valence-corrected chi connectivity index (χ2v) is 5.93. The van der Waals surface area contributed by atoms with Crippen molar-refractivity contribution >= 4 is 23.0 Å². The average molecular weight is 345 g/mol. The van der Waals surface area contributed by atoms with Gasteiger partial charge in [0.1, 0.15) is 5.82 Å². The summed E-state index contributed by atoms with van der Waals surface area (Å²) in [4.78, 5) is 2.37. The Bertz CT molecular complexity index is 671. The Morgan fingerprint density at radius 1 is 1.00 bits per heavy atom. The molecule has 0 aliphatic heterocycles. The molecule has 0 amide bonds. The van der Waals surface area contributed by atoms with Crippen LogP contribution in [0.3, 0.4) is 0 Å². The Labute approximate surface area is 148 Å². The number of halogens is 1. The summed E-state index contributed by atoms with van der Waals surface area (Å²) in [6, 6.07) is 14.8. The number of anilines is 1. The van der Waals surface area contributed by atoms with Crippen molar-refractivity contribution in [3.05, 3.63) is 65.5 Å². The van der Waals surface area contributed by atoms with Crippen LogP contribution in [0.5, 0.6) is 0 Å². The molecule has 2 aromatic rings. The largest absolute Gasteiger partial charge is 0.358 e. The van der Waals surface area contributed by atoms with E-state index in [4.69, 9.17) is 12.2 Å². The van der Waals surface area contributed by atoms with Crippen molar-refractivity contribution in [2.24, 2.45) is 0 Å². The number of hydrogen-bond acceptors (Lipinski definition) is 2. The highest BCUT2D eigenvalue weighted by molar-refractivity contribution is 7.80. The lowest BCUT2D eigenvalue weighted by Gasteiger charge is -2.20. The molecule has 0 unspecified atom stereocenters. The van der Waals surface area contributed by atoms with E-state index < -0.39 is 0 Å². The Hall–Kier alpha value is -1.98. The van der Waals surface area contributed by atoms with E-state index in [0.29, 0.717) is 17.3 Å². The number of nitrogens with one attached hydrogen (secondary N) is 2. The minimum atomic E-state index is -0.316. The SMILES string of the molecule is CCN(CC)Cc1ccccc1CNC(=S)Nc1ccccc1F. The fraction of sp³-hybridized carbons (Fsp3) is 0.316. The summed E-state index contributed by atoms with van der Waals surface area (Å²) in [6.07, 6.45) is 0. The summed E-state index contributed by atoms with van der Waals surface area (Å²) in [5.74, 6) is -0.316. The summed E-state index contributed by atoms with van der Waals surface area (Å²) in [5.41, 5.74) is 2.86. The average Bonchev–Trinajstić information content (AvgIpc) is 2.60. The second kappa shape index (κ2) is 9.35. The van der Waals surface area contributed by atoms with Gasteiger partial charge in [-0.2, -0.15) is 0 Å². The van der Waals surface area contributed by atoms with Crippen LogP contribution < -0.4 is 10.6 Å². The second-order valence-electron chi connectivity index (χ2n) is 5.52. The Morgan fingerprint density at radius 3 is 2.29 bits per heavy atom. The molecule has 0 bridgehead atoms. The quantitative estimate of drug-likeness (QED) is 0.737. The molecule has 0 heterocycles. The molecule has 2 N–H and O–H groups in total. The first-order valence-corrected chi connectivity index (χ1v) is 8.63. The lowest BCUT2D eigenvalue weighted by molar-refractivity contribution is 0.295. The molecule has 0 aliphatic rings. The first-order chi connectivity index (χ1) is 11.6. The van der Waals surface area contributed by atoms with E-state index in [1.54, 1.807) is 18.2 Å². The number of thiocarbonyl (C=S) groups is 1. The highest BCUT2D eigenvalue weighted by Gasteiger charge is 2.07. The Kier molecular flexibility index (Phi) is 7.15. The van der Waals surface area contributed by atoms with Crippen molar-refractivity contribution in [2.75, 3.05) is 18.4 Å². The fourth-order valence-electron chi connectivity index (χ4n) is 2.48. The van der Waals surface area contributed by atoms with Crippen LogP contribution in [0.4, 0.5) is 10.1 Å². The maximum absolute atomic E-state index is 13.6. The van der Waals surface area contributed by atoms with E-state index in [-0.39, 0.29) is 5.82 Å². The van der Waals surface area contributed by atoms with Crippen molar-refractivity contribution < 1.29 is 4.39 Å². The topological polar surface area (TPSA) is 27.3 Å². The molecular weight excluding hydrogens is 321 g/mol. The normalized spacial score (nSPS) is 10.7. The third kappa shape index (κ3) is 5.28. The van der Waals surface area contributed by atoms with Gasteiger partial charge in [-0.25, -0.2) is 4.39 Å². The molecule has 24 heavy (non-hydrogen) atoms. The monoisotopic (exact) mass is 345 g/mol. The molecule has 0 saturated carbocycles. The van der Waals surface area contributed by atoms with Crippen LogP contribution in [0.1, 0.15) is 25.0 Å². The summed E-state index contributed by atoms with van der Waals surface area (Å²) in [6.45, 7) is 7.89.